The molecule has 0 saturated heterocycles. The summed E-state index contributed by atoms with van der Waals surface area (Å²) < 4.78 is 0.719. The Morgan fingerprint density at radius 3 is 2.81 bits per heavy atom. The van der Waals surface area contributed by atoms with E-state index in [9.17, 15) is 0 Å². The molecular formula is C17H20N2S2. The number of thioether (sulfide) groups is 1. The number of nitrogens with one attached hydrogen (secondary N) is 1. The highest BCUT2D eigenvalue weighted by molar-refractivity contribution is 7.98. The zero-order valence-electron chi connectivity index (χ0n) is 12.3. The van der Waals surface area contributed by atoms with Crippen molar-refractivity contribution in [2.24, 2.45) is 0 Å². The fourth-order valence-electron chi connectivity index (χ4n) is 2.92. The van der Waals surface area contributed by atoms with Crippen LogP contribution in [0.4, 0.5) is 0 Å². The second-order valence-corrected chi connectivity index (χ2v) is 7.09. The van der Waals surface area contributed by atoms with Gasteiger partial charge in [-0.1, -0.05) is 43.3 Å². The second-order valence-electron chi connectivity index (χ2n) is 5.66. The van der Waals surface area contributed by atoms with Gasteiger partial charge in [0.1, 0.15) is 10.5 Å². The molecule has 0 amide bonds. The fourth-order valence-corrected chi connectivity index (χ4v) is 4.06. The summed E-state index contributed by atoms with van der Waals surface area (Å²) in [5.74, 6) is 2.49. The summed E-state index contributed by atoms with van der Waals surface area (Å²) in [7, 11) is 0. The molecule has 21 heavy (non-hydrogen) atoms. The van der Waals surface area contributed by atoms with Crippen LogP contribution in [-0.2, 0) is 5.75 Å². The molecule has 2 aromatic rings. The lowest BCUT2D eigenvalue weighted by atomic mass is 10.0. The molecule has 0 radical (unpaired) electrons. The van der Waals surface area contributed by atoms with Gasteiger partial charge in [0, 0.05) is 10.6 Å². The molecule has 1 fully saturated rings. The Morgan fingerprint density at radius 1 is 1.29 bits per heavy atom. The van der Waals surface area contributed by atoms with Crippen LogP contribution in [0.3, 0.4) is 0 Å². The number of H-pyrrole nitrogens is 1. The van der Waals surface area contributed by atoms with Crippen LogP contribution >= 0.6 is 24.0 Å². The van der Waals surface area contributed by atoms with Crippen molar-refractivity contribution in [3.8, 4) is 0 Å². The van der Waals surface area contributed by atoms with Crippen molar-refractivity contribution in [2.75, 3.05) is 0 Å². The largest absolute Gasteiger partial charge is 0.346 e. The van der Waals surface area contributed by atoms with Crippen molar-refractivity contribution < 1.29 is 0 Å². The van der Waals surface area contributed by atoms with Gasteiger partial charge < -0.3 is 4.98 Å². The zero-order chi connectivity index (χ0) is 14.7. The third-order valence-corrected chi connectivity index (χ3v) is 5.46. The zero-order valence-corrected chi connectivity index (χ0v) is 13.9. The number of benzene rings is 1. The van der Waals surface area contributed by atoms with Crippen LogP contribution in [0, 0.1) is 11.6 Å². The second kappa shape index (κ2) is 6.75. The molecule has 2 nitrogen and oxygen atoms in total. The third kappa shape index (κ3) is 3.74. The van der Waals surface area contributed by atoms with Crippen molar-refractivity contribution in [3.05, 3.63) is 52.1 Å². The molecule has 110 valence electrons. The van der Waals surface area contributed by atoms with E-state index in [0.29, 0.717) is 5.92 Å². The first-order valence-corrected chi connectivity index (χ1v) is 8.90. The summed E-state index contributed by atoms with van der Waals surface area (Å²) in [5, 5.41) is 0. The van der Waals surface area contributed by atoms with Crippen molar-refractivity contribution >= 4 is 24.0 Å². The monoisotopic (exact) mass is 316 g/mol. The molecule has 4 heteroatoms. The van der Waals surface area contributed by atoms with Crippen molar-refractivity contribution in [1.82, 2.24) is 9.97 Å². The summed E-state index contributed by atoms with van der Waals surface area (Å²) in [6, 6.07) is 10.5. The molecule has 1 N–H and O–H groups in total. The molecule has 1 heterocycles. The molecule has 1 aromatic heterocycles. The smallest absolute Gasteiger partial charge is 0.130 e. The molecule has 0 bridgehead atoms. The standard InChI is InChI=1S/C17H20N2S2/c1-12-6-2-5-9-15(12)21-11-16-18-14(10-17(20)19-16)13-7-3-4-8-13/h2,5-6,9-10,13H,3-4,7-8,11H2,1H3,(H,18,19,20). The molecule has 0 unspecified atom stereocenters. The lowest BCUT2D eigenvalue weighted by Gasteiger charge is -2.11. The van der Waals surface area contributed by atoms with Gasteiger partial charge in [-0.05, 0) is 43.4 Å². The minimum atomic E-state index is 0.650. The van der Waals surface area contributed by atoms with E-state index in [1.165, 1.54) is 41.8 Å². The molecule has 1 aliphatic carbocycles. The van der Waals surface area contributed by atoms with Gasteiger partial charge in [0.15, 0.2) is 0 Å². The van der Waals surface area contributed by atoms with E-state index in [2.05, 4.69) is 41.2 Å². The molecule has 0 aliphatic heterocycles. The van der Waals surface area contributed by atoms with E-state index >= 15 is 0 Å². The predicted molar refractivity (Wildman–Crippen MR) is 91.4 cm³/mol. The molecular weight excluding hydrogens is 296 g/mol. The Balaban J connectivity index is 1.76. The number of nitrogens with zero attached hydrogens (tertiary/aromatic N) is 1. The van der Waals surface area contributed by atoms with E-state index < -0.39 is 0 Å². The summed E-state index contributed by atoms with van der Waals surface area (Å²) in [6.45, 7) is 2.15. The average molecular weight is 316 g/mol. The van der Waals surface area contributed by atoms with Crippen LogP contribution in [0.25, 0.3) is 0 Å². The number of aromatic nitrogens is 2. The Kier molecular flexibility index (Phi) is 4.76. The number of hydrogen-bond donors (Lipinski definition) is 1. The minimum absolute atomic E-state index is 0.650. The van der Waals surface area contributed by atoms with Gasteiger partial charge in [-0.25, -0.2) is 4.98 Å². The van der Waals surface area contributed by atoms with Crippen LogP contribution in [0.5, 0.6) is 0 Å². The van der Waals surface area contributed by atoms with Crippen molar-refractivity contribution in [3.63, 3.8) is 0 Å². The van der Waals surface area contributed by atoms with E-state index in [1.54, 1.807) is 0 Å². The first-order chi connectivity index (χ1) is 10.2. The van der Waals surface area contributed by atoms with Crippen molar-refractivity contribution in [1.29, 1.82) is 0 Å². The SMILES string of the molecule is Cc1ccccc1SCc1nc(=S)cc(C2CCCC2)[nH]1. The first kappa shape index (κ1) is 14.8. The molecule has 3 rings (SSSR count). The summed E-state index contributed by atoms with van der Waals surface area (Å²) >= 11 is 7.16. The lowest BCUT2D eigenvalue weighted by Crippen LogP contribution is -2.02. The quantitative estimate of drug-likeness (QED) is 0.605. The van der Waals surface area contributed by atoms with Gasteiger partial charge in [0.25, 0.3) is 0 Å². The predicted octanol–water partition coefficient (Wildman–Crippen LogP) is 5.40. The van der Waals surface area contributed by atoms with E-state index in [1.807, 2.05) is 17.8 Å². The van der Waals surface area contributed by atoms with Gasteiger partial charge in [0.2, 0.25) is 0 Å². The molecule has 1 aromatic carbocycles. The normalized spacial score (nSPS) is 15.5. The van der Waals surface area contributed by atoms with Crippen LogP contribution in [0.15, 0.2) is 35.2 Å². The average Bonchev–Trinajstić information content (AvgIpc) is 3.00. The number of aromatic amines is 1. The topological polar surface area (TPSA) is 28.7 Å². The maximum Gasteiger partial charge on any atom is 0.130 e. The van der Waals surface area contributed by atoms with Crippen LogP contribution in [0.1, 0.15) is 48.7 Å². The van der Waals surface area contributed by atoms with Gasteiger partial charge in [-0.2, -0.15) is 0 Å². The Hall–Kier alpha value is -1.13. The third-order valence-electron chi connectivity index (χ3n) is 4.07. The Bertz CT molecular complexity index is 672. The highest BCUT2D eigenvalue weighted by Gasteiger charge is 2.18. The van der Waals surface area contributed by atoms with E-state index in [4.69, 9.17) is 12.2 Å². The molecule has 0 atom stereocenters. The maximum absolute atomic E-state index is 5.34. The van der Waals surface area contributed by atoms with E-state index in [0.717, 1.165) is 16.2 Å². The summed E-state index contributed by atoms with van der Waals surface area (Å²) in [6.07, 6.45) is 5.22. The van der Waals surface area contributed by atoms with Crippen LogP contribution < -0.4 is 0 Å². The van der Waals surface area contributed by atoms with Gasteiger partial charge >= 0.3 is 0 Å². The molecule has 1 saturated carbocycles. The lowest BCUT2D eigenvalue weighted by molar-refractivity contribution is 0.687. The number of rotatable bonds is 4. The highest BCUT2D eigenvalue weighted by atomic mass is 32.2. The fraction of sp³-hybridized carbons (Fsp3) is 0.412. The van der Waals surface area contributed by atoms with Gasteiger partial charge in [0.05, 0.1) is 5.75 Å². The van der Waals surface area contributed by atoms with Gasteiger partial charge in [-0.15, -0.1) is 11.8 Å². The first-order valence-electron chi connectivity index (χ1n) is 7.51. The van der Waals surface area contributed by atoms with Crippen molar-refractivity contribution in [2.45, 2.75) is 49.2 Å². The number of hydrogen-bond acceptors (Lipinski definition) is 3. The minimum Gasteiger partial charge on any atom is -0.346 e. The summed E-state index contributed by atoms with van der Waals surface area (Å²) in [4.78, 5) is 9.32. The summed E-state index contributed by atoms with van der Waals surface area (Å²) in [5.41, 5.74) is 2.60. The highest BCUT2D eigenvalue weighted by Crippen LogP contribution is 2.33. The molecule has 1 aliphatic rings. The number of aryl methyl sites for hydroxylation is 1. The Morgan fingerprint density at radius 2 is 2.05 bits per heavy atom. The Labute approximate surface area is 135 Å². The van der Waals surface area contributed by atoms with Crippen LogP contribution in [-0.4, -0.2) is 9.97 Å². The maximum atomic E-state index is 5.34. The van der Waals surface area contributed by atoms with Gasteiger partial charge in [-0.3, -0.25) is 0 Å². The molecule has 0 spiro atoms. The van der Waals surface area contributed by atoms with Crippen LogP contribution in [0.2, 0.25) is 0 Å². The van der Waals surface area contributed by atoms with E-state index in [-0.39, 0.29) is 0 Å².